The molecule has 9 heteroatoms. The van der Waals surface area contributed by atoms with E-state index >= 15 is 0 Å². The molecular formula is C26H29ClFN5O2. The van der Waals surface area contributed by atoms with E-state index in [1.54, 1.807) is 24.3 Å². The van der Waals surface area contributed by atoms with Gasteiger partial charge in [-0.2, -0.15) is 0 Å². The lowest BCUT2D eigenvalue weighted by molar-refractivity contribution is 0.0690. The Kier molecular flexibility index (Phi) is 6.61. The van der Waals surface area contributed by atoms with Crippen LogP contribution in [0, 0.1) is 5.82 Å². The number of carbonyl (C=O) groups excluding carboxylic acids is 1. The van der Waals surface area contributed by atoms with E-state index in [1.807, 2.05) is 18.7 Å². The van der Waals surface area contributed by atoms with E-state index in [9.17, 15) is 14.3 Å². The van der Waals surface area contributed by atoms with E-state index in [-0.39, 0.29) is 45.5 Å². The number of fused-ring (bicyclic) bond motifs is 1. The monoisotopic (exact) mass is 497 g/mol. The molecule has 2 atom stereocenters. The van der Waals surface area contributed by atoms with Crippen LogP contribution >= 0.6 is 11.6 Å². The average molecular weight is 498 g/mol. The van der Waals surface area contributed by atoms with E-state index in [0.717, 1.165) is 25.9 Å². The smallest absolute Gasteiger partial charge is 0.258 e. The molecule has 1 amide bonds. The Bertz CT molecular complexity index is 1270. The summed E-state index contributed by atoms with van der Waals surface area (Å²) < 4.78 is 14.7. The highest BCUT2D eigenvalue weighted by Crippen LogP contribution is 2.38. The van der Waals surface area contributed by atoms with E-state index < -0.39 is 12.4 Å². The number of halogens is 2. The van der Waals surface area contributed by atoms with Crippen LogP contribution in [0.25, 0.3) is 22.2 Å². The summed E-state index contributed by atoms with van der Waals surface area (Å²) in [6.07, 6.45) is 1.82. The van der Waals surface area contributed by atoms with E-state index in [0.29, 0.717) is 29.8 Å². The van der Waals surface area contributed by atoms with Gasteiger partial charge in [-0.05, 0) is 44.9 Å². The van der Waals surface area contributed by atoms with Crippen LogP contribution in [0.15, 0.2) is 30.3 Å². The van der Waals surface area contributed by atoms with Gasteiger partial charge in [0.1, 0.15) is 11.6 Å². The number of anilines is 1. The van der Waals surface area contributed by atoms with Crippen LogP contribution in [-0.2, 0) is 6.61 Å². The fourth-order valence-electron chi connectivity index (χ4n) is 5.25. The number of piperazine rings is 1. The topological polar surface area (TPSA) is 81.6 Å². The second-order valence-corrected chi connectivity index (χ2v) is 9.74. The summed E-state index contributed by atoms with van der Waals surface area (Å²) in [4.78, 5) is 27.5. The molecule has 0 bridgehead atoms. The number of benzene rings is 1. The Labute approximate surface area is 208 Å². The molecule has 2 fully saturated rings. The number of aromatic nitrogens is 2. The molecular weight excluding hydrogens is 469 g/mol. The van der Waals surface area contributed by atoms with Crippen molar-refractivity contribution in [1.82, 2.24) is 20.2 Å². The quantitative estimate of drug-likeness (QED) is 0.567. The molecule has 2 aliphatic heterocycles. The lowest BCUT2D eigenvalue weighted by Crippen LogP contribution is -2.44. The van der Waals surface area contributed by atoms with Crippen LogP contribution in [0.2, 0.25) is 5.02 Å². The number of nitrogens with one attached hydrogen (secondary N) is 1. The minimum absolute atomic E-state index is 0.0604. The predicted octanol–water partition coefficient (Wildman–Crippen LogP) is 4.00. The Morgan fingerprint density at radius 2 is 1.86 bits per heavy atom. The number of nitrogens with zero attached hydrogens (tertiary/aromatic N) is 4. The number of hydrogen-bond acceptors (Lipinski definition) is 6. The molecule has 0 spiro atoms. The summed E-state index contributed by atoms with van der Waals surface area (Å²) in [5, 5.41) is 14.6. The van der Waals surface area contributed by atoms with Gasteiger partial charge in [-0.1, -0.05) is 23.7 Å². The number of amides is 1. The van der Waals surface area contributed by atoms with Gasteiger partial charge in [0.05, 0.1) is 34.1 Å². The molecule has 7 nitrogen and oxygen atoms in total. The summed E-state index contributed by atoms with van der Waals surface area (Å²) in [6, 6.07) is 8.15. The molecule has 0 aliphatic carbocycles. The van der Waals surface area contributed by atoms with E-state index in [2.05, 4.69) is 10.2 Å². The van der Waals surface area contributed by atoms with Crippen molar-refractivity contribution in [2.24, 2.45) is 0 Å². The molecule has 184 valence electrons. The second kappa shape index (κ2) is 9.68. The third-order valence-electron chi connectivity index (χ3n) is 7.08. The standard InChI is InChI=1S/C26H29ClFN5O2/c1-15-7-8-16(2)33(15)26(35)22-21(14-34)30-25(32-11-9-29-10-12-32)18-13-19(27)23(31-24(18)22)17-5-3-4-6-20(17)28/h3-6,13,15-16,29,34H,7-12,14H2,1-2H3/t15-,16-/m0/s1. The first-order valence-electron chi connectivity index (χ1n) is 12.1. The lowest BCUT2D eigenvalue weighted by Gasteiger charge is -2.31. The van der Waals surface area contributed by atoms with Crippen molar-refractivity contribution in [3.8, 4) is 11.3 Å². The van der Waals surface area contributed by atoms with Crippen molar-refractivity contribution in [3.63, 3.8) is 0 Å². The van der Waals surface area contributed by atoms with Crippen LogP contribution in [0.5, 0.6) is 0 Å². The first kappa shape index (κ1) is 23.9. The Morgan fingerprint density at radius 1 is 1.17 bits per heavy atom. The molecule has 2 N–H and O–H groups in total. The maximum atomic E-state index is 14.7. The Morgan fingerprint density at radius 3 is 2.51 bits per heavy atom. The highest BCUT2D eigenvalue weighted by atomic mass is 35.5. The van der Waals surface area contributed by atoms with Crippen LogP contribution in [-0.4, -0.2) is 64.1 Å². The van der Waals surface area contributed by atoms with Crippen molar-refractivity contribution in [3.05, 3.63) is 52.4 Å². The summed E-state index contributed by atoms with van der Waals surface area (Å²) in [5.41, 5.74) is 1.44. The summed E-state index contributed by atoms with van der Waals surface area (Å²) in [6.45, 7) is 6.65. The van der Waals surface area contributed by atoms with Crippen LogP contribution in [0.1, 0.15) is 42.7 Å². The highest BCUT2D eigenvalue weighted by molar-refractivity contribution is 6.34. The van der Waals surface area contributed by atoms with Crippen LogP contribution in [0.4, 0.5) is 10.2 Å². The molecule has 3 aromatic rings. The van der Waals surface area contributed by atoms with Crippen molar-refractivity contribution >= 4 is 34.2 Å². The number of rotatable bonds is 4. The van der Waals surface area contributed by atoms with Gasteiger partial charge >= 0.3 is 0 Å². The Hall–Kier alpha value is -2.81. The summed E-state index contributed by atoms with van der Waals surface area (Å²) in [5.74, 6) is -0.0426. The van der Waals surface area contributed by atoms with Crippen LogP contribution in [0.3, 0.4) is 0 Å². The molecule has 2 saturated heterocycles. The van der Waals surface area contributed by atoms with Crippen molar-refractivity contribution < 1.29 is 14.3 Å². The van der Waals surface area contributed by atoms with Gasteiger partial charge in [0, 0.05) is 49.2 Å². The molecule has 2 aromatic heterocycles. The average Bonchev–Trinajstić information content (AvgIpc) is 3.21. The third kappa shape index (κ3) is 4.24. The SMILES string of the molecule is C[C@H]1CC[C@H](C)N1C(=O)c1c(CO)nc(N2CCNCC2)c2cc(Cl)c(-c3ccccc3F)nc12. The van der Waals surface area contributed by atoms with Gasteiger partial charge in [0.15, 0.2) is 0 Å². The predicted molar refractivity (Wildman–Crippen MR) is 135 cm³/mol. The first-order chi connectivity index (χ1) is 16.9. The number of aliphatic hydroxyl groups is 1. The maximum absolute atomic E-state index is 14.7. The van der Waals surface area contributed by atoms with Crippen molar-refractivity contribution in [2.45, 2.75) is 45.4 Å². The minimum atomic E-state index is -0.449. The van der Waals surface area contributed by atoms with Gasteiger partial charge in [0.2, 0.25) is 0 Å². The number of pyridine rings is 2. The van der Waals surface area contributed by atoms with Gasteiger partial charge < -0.3 is 20.2 Å². The van der Waals surface area contributed by atoms with Crippen LogP contribution < -0.4 is 10.2 Å². The van der Waals surface area contributed by atoms with Gasteiger partial charge in [-0.25, -0.2) is 14.4 Å². The van der Waals surface area contributed by atoms with Crippen molar-refractivity contribution in [2.75, 3.05) is 31.1 Å². The second-order valence-electron chi connectivity index (χ2n) is 9.33. The van der Waals surface area contributed by atoms with E-state index in [4.69, 9.17) is 21.6 Å². The van der Waals surface area contributed by atoms with E-state index in [1.165, 1.54) is 6.07 Å². The highest BCUT2D eigenvalue weighted by Gasteiger charge is 2.35. The minimum Gasteiger partial charge on any atom is -0.390 e. The Balaban J connectivity index is 1.79. The fraction of sp³-hybridized carbons (Fsp3) is 0.423. The molecule has 0 unspecified atom stereocenters. The zero-order valence-corrected chi connectivity index (χ0v) is 20.6. The zero-order chi connectivity index (χ0) is 24.7. The maximum Gasteiger partial charge on any atom is 0.258 e. The normalized spacial score (nSPS) is 20.6. The molecule has 0 radical (unpaired) electrons. The number of aliphatic hydroxyl groups excluding tert-OH is 1. The molecule has 5 rings (SSSR count). The van der Waals surface area contributed by atoms with Gasteiger partial charge in [-0.3, -0.25) is 4.79 Å². The van der Waals surface area contributed by atoms with Gasteiger partial charge in [0.25, 0.3) is 5.91 Å². The molecule has 1 aromatic carbocycles. The fourth-order valence-corrected chi connectivity index (χ4v) is 5.51. The zero-order valence-electron chi connectivity index (χ0n) is 19.9. The lowest BCUT2D eigenvalue weighted by atomic mass is 10.0. The summed E-state index contributed by atoms with van der Waals surface area (Å²) in [7, 11) is 0. The number of carbonyl (C=O) groups is 1. The van der Waals surface area contributed by atoms with Crippen molar-refractivity contribution in [1.29, 1.82) is 0 Å². The molecule has 0 saturated carbocycles. The third-order valence-corrected chi connectivity index (χ3v) is 7.37. The molecule has 35 heavy (non-hydrogen) atoms. The summed E-state index contributed by atoms with van der Waals surface area (Å²) >= 11 is 6.67. The largest absolute Gasteiger partial charge is 0.390 e. The number of hydrogen-bond donors (Lipinski definition) is 2. The molecule has 4 heterocycles. The molecule has 2 aliphatic rings. The number of likely N-dealkylation sites (tertiary alicyclic amines) is 1. The first-order valence-corrected chi connectivity index (χ1v) is 12.5. The van der Waals surface area contributed by atoms with Gasteiger partial charge in [-0.15, -0.1) is 0 Å².